The second-order valence-electron chi connectivity index (χ2n) is 8.64. The van der Waals surface area contributed by atoms with E-state index in [0.29, 0.717) is 24.1 Å². The van der Waals surface area contributed by atoms with Crippen molar-refractivity contribution in [2.45, 2.75) is 50.6 Å². The van der Waals surface area contributed by atoms with Gasteiger partial charge >= 0.3 is 0 Å². The van der Waals surface area contributed by atoms with E-state index in [9.17, 15) is 4.79 Å². The molecule has 5 rings (SSSR count). The van der Waals surface area contributed by atoms with Crippen LogP contribution in [0.25, 0.3) is 0 Å². The average Bonchev–Trinajstić information content (AvgIpc) is 3.54. The number of carbonyl (C=O) groups excluding carboxylic acids is 1. The summed E-state index contributed by atoms with van der Waals surface area (Å²) in [6.07, 6.45) is 5.26. The van der Waals surface area contributed by atoms with Crippen LogP contribution >= 0.6 is 0 Å². The van der Waals surface area contributed by atoms with E-state index in [0.717, 1.165) is 43.9 Å². The Labute approximate surface area is 171 Å². The van der Waals surface area contributed by atoms with E-state index in [4.69, 9.17) is 9.47 Å². The number of hydrogen-bond donors (Lipinski definition) is 0. The number of carbonyl (C=O) groups is 1. The van der Waals surface area contributed by atoms with Gasteiger partial charge in [0, 0.05) is 38.8 Å². The number of hydrogen-bond acceptors (Lipinski definition) is 4. The second kappa shape index (κ2) is 7.48. The van der Waals surface area contributed by atoms with E-state index >= 15 is 0 Å². The Morgan fingerprint density at radius 3 is 2.66 bits per heavy atom. The Hall–Kier alpha value is -2.34. The highest BCUT2D eigenvalue weighted by atomic mass is 16.5. The maximum absolute atomic E-state index is 13.7. The summed E-state index contributed by atoms with van der Waals surface area (Å²) in [5.74, 6) is 1.99. The SMILES string of the molecule is COc1ccc2c(c1)C[C@@H](C1CCOCC1)N(C(=O)c1cc(C3CC3)nn1C)C2. The Balaban J connectivity index is 1.48. The van der Waals surface area contributed by atoms with E-state index in [1.807, 2.05) is 19.2 Å². The van der Waals surface area contributed by atoms with Gasteiger partial charge in [0.05, 0.1) is 12.8 Å². The molecule has 2 aliphatic heterocycles. The van der Waals surface area contributed by atoms with E-state index in [1.54, 1.807) is 11.8 Å². The van der Waals surface area contributed by atoms with Gasteiger partial charge < -0.3 is 14.4 Å². The van der Waals surface area contributed by atoms with Crippen molar-refractivity contribution in [3.63, 3.8) is 0 Å². The summed E-state index contributed by atoms with van der Waals surface area (Å²) < 4.78 is 12.8. The van der Waals surface area contributed by atoms with Crippen LogP contribution in [0.2, 0.25) is 0 Å². The van der Waals surface area contributed by atoms with Gasteiger partial charge in [-0.05, 0) is 67.3 Å². The van der Waals surface area contributed by atoms with Crippen molar-refractivity contribution in [3.8, 4) is 5.75 Å². The maximum Gasteiger partial charge on any atom is 0.272 e. The molecule has 0 spiro atoms. The summed E-state index contributed by atoms with van der Waals surface area (Å²) >= 11 is 0. The van der Waals surface area contributed by atoms with Crippen LogP contribution in [0.15, 0.2) is 24.3 Å². The molecule has 0 unspecified atom stereocenters. The van der Waals surface area contributed by atoms with Crippen LogP contribution in [0.1, 0.15) is 58.9 Å². The number of methoxy groups -OCH3 is 1. The number of aromatic nitrogens is 2. The Bertz CT molecular complexity index is 912. The standard InChI is InChI=1S/C23H29N3O3/c1-25-22(13-20(24-25)15-3-4-15)23(27)26-14-17-5-6-19(28-2)11-18(17)12-21(26)16-7-9-29-10-8-16/h5-6,11,13,15-16,21H,3-4,7-10,12,14H2,1-2H3/t21-/m0/s1. The molecule has 1 aromatic heterocycles. The lowest BCUT2D eigenvalue weighted by Gasteiger charge is -2.42. The summed E-state index contributed by atoms with van der Waals surface area (Å²) in [4.78, 5) is 15.8. The van der Waals surface area contributed by atoms with Crippen molar-refractivity contribution in [1.82, 2.24) is 14.7 Å². The molecule has 1 saturated carbocycles. The first-order valence-electron chi connectivity index (χ1n) is 10.7. The van der Waals surface area contributed by atoms with Crippen LogP contribution in [-0.2, 0) is 24.8 Å². The molecule has 1 aromatic carbocycles. The molecule has 154 valence electrons. The molecule has 0 radical (unpaired) electrons. The summed E-state index contributed by atoms with van der Waals surface area (Å²) in [7, 11) is 3.60. The fourth-order valence-electron chi connectivity index (χ4n) is 4.87. The monoisotopic (exact) mass is 395 g/mol. The van der Waals surface area contributed by atoms with Gasteiger partial charge in [-0.2, -0.15) is 5.10 Å². The molecule has 0 N–H and O–H groups in total. The minimum atomic E-state index is 0.102. The van der Waals surface area contributed by atoms with Gasteiger partial charge in [-0.25, -0.2) is 0 Å². The third-order valence-corrected chi connectivity index (χ3v) is 6.77. The Morgan fingerprint density at radius 2 is 1.93 bits per heavy atom. The van der Waals surface area contributed by atoms with Crippen molar-refractivity contribution in [2.24, 2.45) is 13.0 Å². The Kier molecular flexibility index (Phi) is 4.82. The van der Waals surface area contributed by atoms with Gasteiger partial charge in [-0.3, -0.25) is 9.48 Å². The highest BCUT2D eigenvalue weighted by Gasteiger charge is 2.38. The summed E-state index contributed by atoms with van der Waals surface area (Å²) in [5, 5.41) is 4.63. The molecule has 1 saturated heterocycles. The fourth-order valence-corrected chi connectivity index (χ4v) is 4.87. The third kappa shape index (κ3) is 3.54. The largest absolute Gasteiger partial charge is 0.497 e. The van der Waals surface area contributed by atoms with E-state index in [1.165, 1.54) is 24.0 Å². The third-order valence-electron chi connectivity index (χ3n) is 6.77. The minimum Gasteiger partial charge on any atom is -0.497 e. The van der Waals surface area contributed by atoms with Crippen molar-refractivity contribution >= 4 is 5.91 Å². The van der Waals surface area contributed by atoms with Crippen LogP contribution < -0.4 is 4.74 Å². The highest BCUT2D eigenvalue weighted by molar-refractivity contribution is 5.93. The lowest BCUT2D eigenvalue weighted by molar-refractivity contribution is 0.0175. The second-order valence-corrected chi connectivity index (χ2v) is 8.64. The van der Waals surface area contributed by atoms with Crippen LogP contribution in [0, 0.1) is 5.92 Å². The van der Waals surface area contributed by atoms with E-state index < -0.39 is 0 Å². The molecule has 1 amide bonds. The number of aryl methyl sites for hydroxylation is 1. The van der Waals surface area contributed by atoms with Crippen molar-refractivity contribution in [3.05, 3.63) is 46.8 Å². The zero-order chi connectivity index (χ0) is 20.0. The van der Waals surface area contributed by atoms with E-state index in [-0.39, 0.29) is 11.9 Å². The van der Waals surface area contributed by atoms with Gasteiger partial charge in [-0.1, -0.05) is 6.07 Å². The predicted octanol–water partition coefficient (Wildman–Crippen LogP) is 3.30. The predicted molar refractivity (Wildman–Crippen MR) is 109 cm³/mol. The number of amides is 1. The average molecular weight is 396 g/mol. The molecule has 2 aromatic rings. The van der Waals surface area contributed by atoms with Gasteiger partial charge in [0.25, 0.3) is 5.91 Å². The van der Waals surface area contributed by atoms with Crippen molar-refractivity contribution in [1.29, 1.82) is 0 Å². The van der Waals surface area contributed by atoms with Crippen LogP contribution in [0.4, 0.5) is 0 Å². The summed E-state index contributed by atoms with van der Waals surface area (Å²) in [6, 6.07) is 8.44. The lowest BCUT2D eigenvalue weighted by Crippen LogP contribution is -2.49. The van der Waals surface area contributed by atoms with Gasteiger partial charge in [0.2, 0.25) is 0 Å². The van der Waals surface area contributed by atoms with Crippen molar-refractivity contribution < 1.29 is 14.3 Å². The number of fused-ring (bicyclic) bond motifs is 1. The molecule has 29 heavy (non-hydrogen) atoms. The van der Waals surface area contributed by atoms with Crippen LogP contribution in [0.5, 0.6) is 5.75 Å². The number of ether oxygens (including phenoxy) is 2. The molecule has 1 aliphatic carbocycles. The molecular formula is C23H29N3O3. The van der Waals surface area contributed by atoms with Gasteiger partial charge in [0.1, 0.15) is 11.4 Å². The van der Waals surface area contributed by atoms with Crippen LogP contribution in [0.3, 0.4) is 0 Å². The lowest BCUT2D eigenvalue weighted by atomic mass is 9.82. The fraction of sp³-hybridized carbons (Fsp3) is 0.565. The first-order valence-corrected chi connectivity index (χ1v) is 10.7. The van der Waals surface area contributed by atoms with Crippen LogP contribution in [-0.4, -0.2) is 47.0 Å². The maximum atomic E-state index is 13.7. The first kappa shape index (κ1) is 18.7. The molecule has 6 heteroatoms. The quantitative estimate of drug-likeness (QED) is 0.797. The Morgan fingerprint density at radius 1 is 1.14 bits per heavy atom. The molecule has 1 atom stereocenters. The minimum absolute atomic E-state index is 0.102. The summed E-state index contributed by atoms with van der Waals surface area (Å²) in [6.45, 7) is 2.21. The highest BCUT2D eigenvalue weighted by Crippen LogP contribution is 2.40. The molecule has 0 bridgehead atoms. The topological polar surface area (TPSA) is 56.6 Å². The zero-order valence-electron chi connectivity index (χ0n) is 17.3. The molecule has 3 aliphatic rings. The number of benzene rings is 1. The van der Waals surface area contributed by atoms with Gasteiger partial charge in [-0.15, -0.1) is 0 Å². The van der Waals surface area contributed by atoms with Crippen molar-refractivity contribution in [2.75, 3.05) is 20.3 Å². The normalized spacial score (nSPS) is 22.4. The number of rotatable bonds is 4. The number of nitrogens with zero attached hydrogens (tertiary/aromatic N) is 3. The van der Waals surface area contributed by atoms with E-state index in [2.05, 4.69) is 22.1 Å². The zero-order valence-corrected chi connectivity index (χ0v) is 17.3. The first-order chi connectivity index (χ1) is 14.1. The molecular weight excluding hydrogens is 366 g/mol. The molecule has 2 fully saturated rings. The smallest absolute Gasteiger partial charge is 0.272 e. The molecule has 6 nitrogen and oxygen atoms in total. The molecule has 3 heterocycles. The van der Waals surface area contributed by atoms with Gasteiger partial charge in [0.15, 0.2) is 0 Å². The summed E-state index contributed by atoms with van der Waals surface area (Å²) in [5.41, 5.74) is 4.29.